The number of amides is 2. The van der Waals surface area contributed by atoms with E-state index in [0.717, 1.165) is 54.7 Å². The molecule has 0 unspecified atom stereocenters. The third kappa shape index (κ3) is 6.47. The summed E-state index contributed by atoms with van der Waals surface area (Å²) in [6, 6.07) is 25.2. The van der Waals surface area contributed by atoms with Gasteiger partial charge >= 0.3 is 6.09 Å². The molecule has 7 nitrogen and oxygen atoms in total. The quantitative estimate of drug-likeness (QED) is 0.471. The molecule has 3 N–H and O–H groups in total. The number of nitrogens with zero attached hydrogens (tertiary/aromatic N) is 2. The molecule has 3 aromatic carbocycles. The molecule has 0 atom stereocenters. The molecule has 182 valence electrons. The Morgan fingerprint density at radius 1 is 0.886 bits per heavy atom. The second kappa shape index (κ2) is 12.1. The third-order valence-corrected chi connectivity index (χ3v) is 6.03. The molecule has 1 aliphatic heterocycles. The number of piperidine rings is 1. The van der Waals surface area contributed by atoms with Gasteiger partial charge in [0.1, 0.15) is 6.61 Å². The Kier molecular flexibility index (Phi) is 8.48. The molecule has 0 aliphatic carbocycles. The smallest absolute Gasteiger partial charge is 0.429 e. The van der Waals surface area contributed by atoms with E-state index < -0.39 is 6.09 Å². The molecule has 2 amide bonds. The Morgan fingerprint density at radius 3 is 2.29 bits per heavy atom. The summed E-state index contributed by atoms with van der Waals surface area (Å²) in [5, 5.41) is 6.52. The molecule has 4 rings (SSSR count). The van der Waals surface area contributed by atoms with Gasteiger partial charge in [-0.25, -0.2) is 14.8 Å². The molecule has 0 aromatic heterocycles. The van der Waals surface area contributed by atoms with Gasteiger partial charge in [-0.05, 0) is 42.2 Å². The number of hydrogen-bond donors (Lipinski definition) is 2. The van der Waals surface area contributed by atoms with Crippen LogP contribution in [-0.4, -0.2) is 36.7 Å². The molecule has 7 heteroatoms. The van der Waals surface area contributed by atoms with Gasteiger partial charge in [0.15, 0.2) is 0 Å². The number of carbonyl (C=O) groups is 2. The van der Waals surface area contributed by atoms with E-state index in [1.807, 2.05) is 83.9 Å². The molecular formula is C28H32N4O3. The normalized spacial score (nSPS) is 13.7. The zero-order chi connectivity index (χ0) is 24.5. The molecule has 0 radical (unpaired) electrons. The second-order valence-electron chi connectivity index (χ2n) is 8.52. The molecule has 1 saturated heterocycles. The van der Waals surface area contributed by atoms with Gasteiger partial charge < -0.3 is 15.8 Å². The number of carbonyl (C=O) groups excluding carboxylic acids is 2. The van der Waals surface area contributed by atoms with Crippen molar-refractivity contribution in [3.8, 4) is 11.1 Å². The highest BCUT2D eigenvalue weighted by Crippen LogP contribution is 2.33. The van der Waals surface area contributed by atoms with Gasteiger partial charge in [0.05, 0.1) is 12.1 Å². The Hall–Kier alpha value is -3.68. The number of hydrazine groups is 1. The largest absolute Gasteiger partial charge is 0.448 e. The highest BCUT2D eigenvalue weighted by Gasteiger charge is 2.28. The molecule has 0 saturated carbocycles. The first-order chi connectivity index (χ1) is 17.2. The van der Waals surface area contributed by atoms with Crippen LogP contribution in [-0.2, 0) is 16.1 Å². The van der Waals surface area contributed by atoms with Gasteiger partial charge in [-0.15, -0.1) is 0 Å². The summed E-state index contributed by atoms with van der Waals surface area (Å²) in [6.45, 7) is 1.99. The Balaban J connectivity index is 1.45. The number of para-hydroxylation sites is 1. The summed E-state index contributed by atoms with van der Waals surface area (Å²) in [5.41, 5.74) is 10.0. The molecule has 1 fully saturated rings. The fraction of sp³-hybridized carbons (Fsp3) is 0.286. The first kappa shape index (κ1) is 24.4. The molecule has 0 bridgehead atoms. The van der Waals surface area contributed by atoms with Crippen LogP contribution in [0.1, 0.15) is 31.2 Å². The molecule has 3 aromatic rings. The highest BCUT2D eigenvalue weighted by molar-refractivity contribution is 5.94. The first-order valence-corrected chi connectivity index (χ1v) is 12.1. The third-order valence-electron chi connectivity index (χ3n) is 6.03. The van der Waals surface area contributed by atoms with Gasteiger partial charge in [-0.3, -0.25) is 4.79 Å². The number of nitrogens with two attached hydrogens (primary N) is 1. The van der Waals surface area contributed by atoms with E-state index >= 15 is 0 Å². The predicted octanol–water partition coefficient (Wildman–Crippen LogP) is 5.19. The van der Waals surface area contributed by atoms with E-state index in [9.17, 15) is 9.59 Å². The van der Waals surface area contributed by atoms with Crippen molar-refractivity contribution < 1.29 is 14.3 Å². The SMILES string of the molecule is NCc1ccc(NC(=O)CCOC(=O)N(c2ccccc2-c2ccccc2)N2CCCCC2)cc1. The van der Waals surface area contributed by atoms with Crippen LogP contribution in [0.4, 0.5) is 16.2 Å². The van der Waals surface area contributed by atoms with Crippen LogP contribution >= 0.6 is 0 Å². The minimum atomic E-state index is -0.477. The van der Waals surface area contributed by atoms with Crippen molar-refractivity contribution in [1.29, 1.82) is 0 Å². The maximum Gasteiger partial charge on any atom is 0.429 e. The van der Waals surface area contributed by atoms with Crippen molar-refractivity contribution in [3.63, 3.8) is 0 Å². The van der Waals surface area contributed by atoms with Crippen molar-refractivity contribution in [1.82, 2.24) is 5.01 Å². The van der Waals surface area contributed by atoms with Gasteiger partial charge in [0, 0.05) is 30.9 Å². The maximum atomic E-state index is 13.4. The van der Waals surface area contributed by atoms with Crippen molar-refractivity contribution in [2.75, 3.05) is 30.0 Å². The predicted molar refractivity (Wildman–Crippen MR) is 139 cm³/mol. The van der Waals surface area contributed by atoms with Crippen LogP contribution in [0.5, 0.6) is 0 Å². The summed E-state index contributed by atoms with van der Waals surface area (Å²) < 4.78 is 5.62. The molecule has 35 heavy (non-hydrogen) atoms. The van der Waals surface area contributed by atoms with E-state index in [4.69, 9.17) is 10.5 Å². The van der Waals surface area contributed by atoms with E-state index in [0.29, 0.717) is 12.2 Å². The highest BCUT2D eigenvalue weighted by atomic mass is 16.6. The summed E-state index contributed by atoms with van der Waals surface area (Å²) in [5.74, 6) is -0.215. The standard InChI is InChI=1S/C28H32N4O3/c29-21-22-13-15-24(16-14-22)30-27(33)17-20-35-28(34)32(31-18-7-2-8-19-31)26-12-6-5-11-25(26)23-9-3-1-4-10-23/h1,3-6,9-16H,2,7-8,17-21,29H2,(H,30,33). The minimum Gasteiger partial charge on any atom is -0.448 e. The van der Waals surface area contributed by atoms with Gasteiger partial charge in [-0.2, -0.15) is 0 Å². The molecule has 1 aliphatic rings. The Labute approximate surface area is 206 Å². The van der Waals surface area contributed by atoms with Crippen molar-refractivity contribution in [3.05, 3.63) is 84.4 Å². The minimum absolute atomic E-state index is 0.0105. The van der Waals surface area contributed by atoms with Crippen LogP contribution in [0.25, 0.3) is 11.1 Å². The molecule has 1 heterocycles. The number of benzene rings is 3. The Morgan fingerprint density at radius 2 is 1.57 bits per heavy atom. The number of hydrogen-bond acceptors (Lipinski definition) is 5. The fourth-order valence-corrected chi connectivity index (χ4v) is 4.20. The van der Waals surface area contributed by atoms with Crippen molar-refractivity contribution >= 4 is 23.4 Å². The van der Waals surface area contributed by atoms with Crippen LogP contribution in [0.2, 0.25) is 0 Å². The van der Waals surface area contributed by atoms with Crippen molar-refractivity contribution in [2.45, 2.75) is 32.2 Å². The average Bonchev–Trinajstić information content (AvgIpc) is 2.91. The lowest BCUT2D eigenvalue weighted by Crippen LogP contribution is -2.49. The Bertz CT molecular complexity index is 1110. The maximum absolute atomic E-state index is 13.4. The summed E-state index contributed by atoms with van der Waals surface area (Å²) in [7, 11) is 0. The zero-order valence-corrected chi connectivity index (χ0v) is 19.9. The fourth-order valence-electron chi connectivity index (χ4n) is 4.20. The lowest BCUT2D eigenvalue weighted by molar-refractivity contribution is -0.116. The number of anilines is 2. The van der Waals surface area contributed by atoms with Crippen molar-refractivity contribution in [2.24, 2.45) is 5.73 Å². The van der Waals surface area contributed by atoms with Crippen LogP contribution in [0.15, 0.2) is 78.9 Å². The van der Waals surface area contributed by atoms with Crippen LogP contribution in [0.3, 0.4) is 0 Å². The summed E-state index contributed by atoms with van der Waals surface area (Å²) >= 11 is 0. The summed E-state index contributed by atoms with van der Waals surface area (Å²) in [4.78, 5) is 25.7. The molecule has 0 spiro atoms. The monoisotopic (exact) mass is 472 g/mol. The number of ether oxygens (including phenoxy) is 1. The van der Waals surface area contributed by atoms with Gasteiger partial charge in [0.25, 0.3) is 0 Å². The van der Waals surface area contributed by atoms with E-state index in [1.165, 1.54) is 0 Å². The number of nitrogens with one attached hydrogen (secondary N) is 1. The lowest BCUT2D eigenvalue weighted by Gasteiger charge is -2.37. The average molecular weight is 473 g/mol. The lowest BCUT2D eigenvalue weighted by atomic mass is 10.0. The van der Waals surface area contributed by atoms with E-state index in [1.54, 1.807) is 5.01 Å². The number of rotatable bonds is 8. The second-order valence-corrected chi connectivity index (χ2v) is 8.52. The first-order valence-electron chi connectivity index (χ1n) is 12.1. The topological polar surface area (TPSA) is 87.9 Å². The van der Waals surface area contributed by atoms with E-state index in [2.05, 4.69) is 5.32 Å². The van der Waals surface area contributed by atoms with Crippen LogP contribution in [0, 0.1) is 0 Å². The van der Waals surface area contributed by atoms with Crippen LogP contribution < -0.4 is 16.1 Å². The summed E-state index contributed by atoms with van der Waals surface area (Å²) in [6.07, 6.45) is 2.77. The zero-order valence-electron chi connectivity index (χ0n) is 19.9. The molecular weight excluding hydrogens is 440 g/mol. The van der Waals surface area contributed by atoms with Gasteiger partial charge in [0.2, 0.25) is 5.91 Å². The van der Waals surface area contributed by atoms with E-state index in [-0.39, 0.29) is 18.9 Å². The van der Waals surface area contributed by atoms with Gasteiger partial charge in [-0.1, -0.05) is 67.1 Å².